The predicted octanol–water partition coefficient (Wildman–Crippen LogP) is 3.23. The first kappa shape index (κ1) is 18.4. The molecular formula is C20H16N2O4S2. The van der Waals surface area contributed by atoms with E-state index in [4.69, 9.17) is 4.74 Å². The number of hydrogen-bond acceptors (Lipinski definition) is 6. The zero-order valence-corrected chi connectivity index (χ0v) is 16.6. The molecule has 28 heavy (non-hydrogen) atoms. The molecule has 0 amide bonds. The third-order valence-corrected chi connectivity index (χ3v) is 6.36. The van der Waals surface area contributed by atoms with Crippen LogP contribution < -0.4 is 11.2 Å². The SMILES string of the molecule is Cn1c(=O)n(Cc2ccccc2)c(=O)c2cc(C(=O)OCc3cccs3)sc21. The molecule has 142 valence electrons. The van der Waals surface area contributed by atoms with Gasteiger partial charge in [-0.1, -0.05) is 36.4 Å². The number of ether oxygens (including phenoxy) is 1. The van der Waals surface area contributed by atoms with Crippen LogP contribution in [0.5, 0.6) is 0 Å². The molecule has 8 heteroatoms. The van der Waals surface area contributed by atoms with Crippen LogP contribution in [0.15, 0.2) is 63.5 Å². The van der Waals surface area contributed by atoms with Gasteiger partial charge < -0.3 is 4.74 Å². The summed E-state index contributed by atoms with van der Waals surface area (Å²) in [7, 11) is 1.60. The molecule has 0 aliphatic heterocycles. The van der Waals surface area contributed by atoms with Gasteiger partial charge in [0, 0.05) is 11.9 Å². The number of esters is 1. The fraction of sp³-hybridized carbons (Fsp3) is 0.150. The van der Waals surface area contributed by atoms with Crippen molar-refractivity contribution in [3.8, 4) is 0 Å². The van der Waals surface area contributed by atoms with Gasteiger partial charge in [-0.15, -0.1) is 22.7 Å². The second kappa shape index (κ2) is 7.57. The zero-order chi connectivity index (χ0) is 19.7. The Balaban J connectivity index is 1.70. The van der Waals surface area contributed by atoms with Crippen LogP contribution in [-0.4, -0.2) is 15.1 Å². The first-order chi connectivity index (χ1) is 13.5. The predicted molar refractivity (Wildman–Crippen MR) is 110 cm³/mol. The molecule has 0 radical (unpaired) electrons. The highest BCUT2D eigenvalue weighted by atomic mass is 32.1. The molecule has 0 bridgehead atoms. The Morgan fingerprint density at radius 1 is 1.11 bits per heavy atom. The van der Waals surface area contributed by atoms with Gasteiger partial charge in [-0.05, 0) is 23.1 Å². The highest BCUT2D eigenvalue weighted by Gasteiger charge is 2.19. The lowest BCUT2D eigenvalue weighted by molar-refractivity contribution is 0.0482. The lowest BCUT2D eigenvalue weighted by atomic mass is 10.2. The highest BCUT2D eigenvalue weighted by Crippen LogP contribution is 2.23. The van der Waals surface area contributed by atoms with E-state index in [0.29, 0.717) is 15.1 Å². The number of hydrogen-bond donors (Lipinski definition) is 0. The van der Waals surface area contributed by atoms with Crippen molar-refractivity contribution in [1.82, 2.24) is 9.13 Å². The van der Waals surface area contributed by atoms with Gasteiger partial charge in [-0.2, -0.15) is 0 Å². The summed E-state index contributed by atoms with van der Waals surface area (Å²) in [6, 6.07) is 14.6. The molecule has 0 saturated heterocycles. The molecule has 0 aliphatic carbocycles. The van der Waals surface area contributed by atoms with Crippen LogP contribution in [0.1, 0.15) is 20.1 Å². The number of carbonyl (C=O) groups excluding carboxylic acids is 1. The van der Waals surface area contributed by atoms with E-state index >= 15 is 0 Å². The van der Waals surface area contributed by atoms with E-state index in [9.17, 15) is 14.4 Å². The first-order valence-electron chi connectivity index (χ1n) is 8.51. The Labute approximate surface area is 167 Å². The Morgan fingerprint density at radius 2 is 1.89 bits per heavy atom. The minimum absolute atomic E-state index is 0.177. The van der Waals surface area contributed by atoms with Gasteiger partial charge in [0.25, 0.3) is 5.56 Å². The van der Waals surface area contributed by atoms with Crippen LogP contribution in [0.2, 0.25) is 0 Å². The number of thiophene rings is 2. The molecule has 0 fully saturated rings. The molecule has 1 aromatic carbocycles. The lowest BCUT2D eigenvalue weighted by Gasteiger charge is -2.08. The minimum Gasteiger partial charge on any atom is -0.456 e. The van der Waals surface area contributed by atoms with Gasteiger partial charge in [0.15, 0.2) is 0 Å². The number of aromatic nitrogens is 2. The van der Waals surface area contributed by atoms with Crippen molar-refractivity contribution in [3.63, 3.8) is 0 Å². The van der Waals surface area contributed by atoms with E-state index < -0.39 is 17.2 Å². The van der Waals surface area contributed by atoms with Crippen molar-refractivity contribution < 1.29 is 9.53 Å². The molecule has 4 aromatic rings. The fourth-order valence-electron chi connectivity index (χ4n) is 2.89. The number of rotatable bonds is 5. The average molecular weight is 412 g/mol. The molecule has 3 heterocycles. The lowest BCUT2D eigenvalue weighted by Crippen LogP contribution is -2.38. The average Bonchev–Trinajstić information content (AvgIpc) is 3.38. The monoisotopic (exact) mass is 412 g/mol. The number of carbonyl (C=O) groups is 1. The summed E-state index contributed by atoms with van der Waals surface area (Å²) < 4.78 is 7.91. The van der Waals surface area contributed by atoms with E-state index in [2.05, 4.69) is 0 Å². The second-order valence-electron chi connectivity index (χ2n) is 6.20. The van der Waals surface area contributed by atoms with E-state index in [1.54, 1.807) is 7.05 Å². The maximum Gasteiger partial charge on any atom is 0.348 e. The van der Waals surface area contributed by atoms with Gasteiger partial charge in [0.1, 0.15) is 16.3 Å². The van der Waals surface area contributed by atoms with Gasteiger partial charge >= 0.3 is 11.7 Å². The third-order valence-electron chi connectivity index (χ3n) is 4.32. The van der Waals surface area contributed by atoms with Crippen LogP contribution in [0.4, 0.5) is 0 Å². The summed E-state index contributed by atoms with van der Waals surface area (Å²) in [4.78, 5) is 39.7. The molecule has 0 atom stereocenters. The summed E-state index contributed by atoms with van der Waals surface area (Å²) in [6.07, 6.45) is 0. The van der Waals surface area contributed by atoms with Gasteiger partial charge in [-0.3, -0.25) is 13.9 Å². The Kier molecular flexibility index (Phi) is 4.97. The normalized spacial score (nSPS) is 11.0. The van der Waals surface area contributed by atoms with Crippen LogP contribution in [0.3, 0.4) is 0 Å². The summed E-state index contributed by atoms with van der Waals surface area (Å²) in [5.41, 5.74) is 0.0316. The van der Waals surface area contributed by atoms with Crippen molar-refractivity contribution in [2.45, 2.75) is 13.2 Å². The minimum atomic E-state index is -0.504. The van der Waals surface area contributed by atoms with Crippen LogP contribution in [0.25, 0.3) is 10.2 Å². The van der Waals surface area contributed by atoms with Gasteiger partial charge in [-0.25, -0.2) is 9.59 Å². The number of fused-ring (bicyclic) bond motifs is 1. The number of aryl methyl sites for hydroxylation is 1. The molecule has 0 N–H and O–H groups in total. The summed E-state index contributed by atoms with van der Waals surface area (Å²) in [5, 5.41) is 2.25. The molecule has 0 saturated carbocycles. The third kappa shape index (κ3) is 3.44. The van der Waals surface area contributed by atoms with Crippen LogP contribution in [0, 0.1) is 0 Å². The molecular weight excluding hydrogens is 396 g/mol. The first-order valence-corrected chi connectivity index (χ1v) is 10.2. The molecule has 0 unspecified atom stereocenters. The van der Waals surface area contributed by atoms with Crippen molar-refractivity contribution >= 4 is 38.9 Å². The fourth-order valence-corrected chi connectivity index (χ4v) is 4.51. The summed E-state index contributed by atoms with van der Waals surface area (Å²) in [6.45, 7) is 0.359. The second-order valence-corrected chi connectivity index (χ2v) is 8.27. The Morgan fingerprint density at radius 3 is 2.61 bits per heavy atom. The topological polar surface area (TPSA) is 70.3 Å². The van der Waals surface area contributed by atoms with E-state index in [1.165, 1.54) is 26.5 Å². The quantitative estimate of drug-likeness (QED) is 0.472. The van der Waals surface area contributed by atoms with Crippen LogP contribution in [-0.2, 0) is 24.9 Å². The van der Waals surface area contributed by atoms with Crippen LogP contribution >= 0.6 is 22.7 Å². The van der Waals surface area contributed by atoms with E-state index in [1.807, 2.05) is 47.8 Å². The van der Waals surface area contributed by atoms with Gasteiger partial charge in [0.2, 0.25) is 0 Å². The zero-order valence-electron chi connectivity index (χ0n) is 15.0. The standard InChI is InChI=1S/C20H16N2O4S2/c1-21-18-15(10-16(28-18)19(24)26-12-14-8-5-9-27-14)17(23)22(20(21)25)11-13-6-3-2-4-7-13/h2-10H,11-12H2,1H3. The molecule has 0 spiro atoms. The van der Waals surface area contributed by atoms with Crippen molar-refractivity contribution in [1.29, 1.82) is 0 Å². The Hall–Kier alpha value is -2.97. The molecule has 4 rings (SSSR count). The maximum atomic E-state index is 12.9. The Bertz CT molecular complexity index is 1250. The summed E-state index contributed by atoms with van der Waals surface area (Å²) in [5.74, 6) is -0.504. The summed E-state index contributed by atoms with van der Waals surface area (Å²) >= 11 is 2.59. The smallest absolute Gasteiger partial charge is 0.348 e. The van der Waals surface area contributed by atoms with Crippen molar-refractivity contribution in [2.75, 3.05) is 0 Å². The van der Waals surface area contributed by atoms with Crippen molar-refractivity contribution in [2.24, 2.45) is 7.05 Å². The number of nitrogens with zero attached hydrogens (tertiary/aromatic N) is 2. The molecule has 6 nitrogen and oxygen atoms in total. The van der Waals surface area contributed by atoms with Gasteiger partial charge in [0.05, 0.1) is 11.9 Å². The van der Waals surface area contributed by atoms with E-state index in [-0.39, 0.29) is 13.2 Å². The molecule has 3 aromatic heterocycles. The largest absolute Gasteiger partial charge is 0.456 e. The van der Waals surface area contributed by atoms with Crippen molar-refractivity contribution in [3.05, 3.63) is 90.1 Å². The van der Waals surface area contributed by atoms with E-state index in [0.717, 1.165) is 21.8 Å². The maximum absolute atomic E-state index is 12.9. The highest BCUT2D eigenvalue weighted by molar-refractivity contribution is 7.20. The number of benzene rings is 1. The molecule has 0 aliphatic rings.